The minimum atomic E-state index is -0.145. The average Bonchev–Trinajstić information content (AvgIpc) is 2.96. The summed E-state index contributed by atoms with van der Waals surface area (Å²) in [7, 11) is 1.66. The van der Waals surface area contributed by atoms with Crippen molar-refractivity contribution in [3.05, 3.63) is 18.2 Å². The maximum Gasteiger partial charge on any atom is 0.237 e. The fourth-order valence-corrected chi connectivity index (χ4v) is 1.77. The number of carbonyl (C=O) groups is 1. The Hall–Kier alpha value is -1.40. The number of ether oxygens (including phenoxy) is 1. The number of aromatic amines is 1. The number of nitrogens with one attached hydrogen (secondary N) is 3. The van der Waals surface area contributed by atoms with Gasteiger partial charge in [-0.3, -0.25) is 4.79 Å². The Kier molecular flexibility index (Phi) is 3.53. The van der Waals surface area contributed by atoms with Gasteiger partial charge in [0.1, 0.15) is 0 Å². The van der Waals surface area contributed by atoms with Crippen LogP contribution in [0.5, 0.6) is 0 Å². The quantitative estimate of drug-likeness (QED) is 0.638. The molecule has 0 spiro atoms. The smallest absolute Gasteiger partial charge is 0.237 e. The van der Waals surface area contributed by atoms with Gasteiger partial charge in [-0.05, 0) is 6.42 Å². The van der Waals surface area contributed by atoms with Crippen LogP contribution in [-0.4, -0.2) is 41.7 Å². The zero-order valence-electron chi connectivity index (χ0n) is 9.19. The van der Waals surface area contributed by atoms with Gasteiger partial charge in [-0.1, -0.05) is 0 Å². The molecular formula is C10H16N4O2. The molecule has 0 aromatic carbocycles. The number of rotatable bonds is 4. The van der Waals surface area contributed by atoms with Crippen molar-refractivity contribution in [2.45, 2.75) is 25.1 Å². The average molecular weight is 224 g/mol. The zero-order valence-corrected chi connectivity index (χ0v) is 9.19. The third-order valence-electron chi connectivity index (χ3n) is 2.75. The molecule has 1 fully saturated rings. The van der Waals surface area contributed by atoms with Gasteiger partial charge in [0.25, 0.3) is 0 Å². The number of imidazole rings is 1. The fourth-order valence-electron chi connectivity index (χ4n) is 1.77. The van der Waals surface area contributed by atoms with Crippen LogP contribution in [0.2, 0.25) is 0 Å². The fraction of sp³-hybridized carbons (Fsp3) is 0.600. The molecule has 1 aromatic heterocycles. The van der Waals surface area contributed by atoms with Gasteiger partial charge in [-0.25, -0.2) is 4.98 Å². The standard InChI is InChI=1S/C10H16N4O2/c1-16-8-2-9(12-5-8)10(15)13-4-7-3-11-6-14-7/h3,6,8-9,12H,2,4-5H2,1H3,(H,11,14)(H,13,15). The summed E-state index contributed by atoms with van der Waals surface area (Å²) in [5, 5.41) is 5.97. The van der Waals surface area contributed by atoms with E-state index in [4.69, 9.17) is 4.74 Å². The van der Waals surface area contributed by atoms with Crippen molar-refractivity contribution in [1.29, 1.82) is 0 Å². The number of nitrogens with zero attached hydrogens (tertiary/aromatic N) is 1. The van der Waals surface area contributed by atoms with Crippen LogP contribution in [0.1, 0.15) is 12.1 Å². The van der Waals surface area contributed by atoms with Crippen LogP contribution >= 0.6 is 0 Å². The van der Waals surface area contributed by atoms with E-state index in [9.17, 15) is 4.79 Å². The highest BCUT2D eigenvalue weighted by Gasteiger charge is 2.28. The third kappa shape index (κ3) is 2.59. The molecule has 1 aliphatic rings. The summed E-state index contributed by atoms with van der Waals surface area (Å²) >= 11 is 0. The molecule has 1 saturated heterocycles. The summed E-state index contributed by atoms with van der Waals surface area (Å²) in [5.41, 5.74) is 0.898. The van der Waals surface area contributed by atoms with Gasteiger partial charge >= 0.3 is 0 Å². The molecule has 2 atom stereocenters. The first-order valence-corrected chi connectivity index (χ1v) is 5.30. The predicted octanol–water partition coefficient (Wildman–Crippen LogP) is -0.597. The second-order valence-corrected chi connectivity index (χ2v) is 3.85. The van der Waals surface area contributed by atoms with Gasteiger partial charge in [0.05, 0.1) is 30.7 Å². The molecule has 2 unspecified atom stereocenters. The highest BCUT2D eigenvalue weighted by molar-refractivity contribution is 5.82. The third-order valence-corrected chi connectivity index (χ3v) is 2.75. The van der Waals surface area contributed by atoms with Crippen LogP contribution in [0.4, 0.5) is 0 Å². The van der Waals surface area contributed by atoms with E-state index >= 15 is 0 Å². The van der Waals surface area contributed by atoms with Crippen molar-refractivity contribution < 1.29 is 9.53 Å². The molecule has 6 heteroatoms. The second kappa shape index (κ2) is 5.09. The molecule has 2 rings (SSSR count). The van der Waals surface area contributed by atoms with Crippen molar-refractivity contribution in [2.75, 3.05) is 13.7 Å². The molecule has 0 saturated carbocycles. The van der Waals surface area contributed by atoms with Gasteiger partial charge in [0, 0.05) is 19.9 Å². The molecule has 1 amide bonds. The summed E-state index contributed by atoms with van der Waals surface area (Å²) < 4.78 is 5.18. The largest absolute Gasteiger partial charge is 0.380 e. The first-order chi connectivity index (χ1) is 7.79. The minimum Gasteiger partial charge on any atom is -0.380 e. The first-order valence-electron chi connectivity index (χ1n) is 5.30. The van der Waals surface area contributed by atoms with Crippen LogP contribution in [0, 0.1) is 0 Å². The van der Waals surface area contributed by atoms with Crippen LogP contribution in [0.25, 0.3) is 0 Å². The van der Waals surface area contributed by atoms with Crippen molar-refractivity contribution in [2.24, 2.45) is 0 Å². The number of aromatic nitrogens is 2. The van der Waals surface area contributed by atoms with Gasteiger partial charge < -0.3 is 20.4 Å². The number of carbonyl (C=O) groups excluding carboxylic acids is 1. The summed E-state index contributed by atoms with van der Waals surface area (Å²) in [4.78, 5) is 18.6. The molecule has 88 valence electrons. The Morgan fingerprint density at radius 1 is 1.75 bits per heavy atom. The lowest BCUT2D eigenvalue weighted by Gasteiger charge is -2.10. The van der Waals surface area contributed by atoms with E-state index in [1.54, 1.807) is 19.6 Å². The van der Waals surface area contributed by atoms with Crippen LogP contribution in [0.3, 0.4) is 0 Å². The van der Waals surface area contributed by atoms with E-state index in [2.05, 4.69) is 20.6 Å². The van der Waals surface area contributed by atoms with Crippen LogP contribution < -0.4 is 10.6 Å². The molecule has 6 nitrogen and oxygen atoms in total. The van der Waals surface area contributed by atoms with Gasteiger partial charge in [-0.15, -0.1) is 0 Å². The first kappa shape index (κ1) is 11.1. The number of H-pyrrole nitrogens is 1. The molecular weight excluding hydrogens is 208 g/mol. The molecule has 1 aromatic rings. The van der Waals surface area contributed by atoms with Gasteiger partial charge in [-0.2, -0.15) is 0 Å². The molecule has 0 aliphatic carbocycles. The zero-order chi connectivity index (χ0) is 11.4. The van der Waals surface area contributed by atoms with Crippen LogP contribution in [-0.2, 0) is 16.1 Å². The monoisotopic (exact) mass is 224 g/mol. The van der Waals surface area contributed by atoms with E-state index < -0.39 is 0 Å². The Morgan fingerprint density at radius 2 is 2.62 bits per heavy atom. The molecule has 0 radical (unpaired) electrons. The van der Waals surface area contributed by atoms with E-state index in [0.717, 1.165) is 18.7 Å². The van der Waals surface area contributed by atoms with Crippen molar-refractivity contribution >= 4 is 5.91 Å². The molecule has 16 heavy (non-hydrogen) atoms. The summed E-state index contributed by atoms with van der Waals surface area (Å²) in [6, 6.07) is -0.145. The number of amides is 1. The topological polar surface area (TPSA) is 79.0 Å². The van der Waals surface area contributed by atoms with Gasteiger partial charge in [0.15, 0.2) is 0 Å². The predicted molar refractivity (Wildman–Crippen MR) is 57.6 cm³/mol. The minimum absolute atomic E-state index is 0.00847. The lowest BCUT2D eigenvalue weighted by Crippen LogP contribution is -2.40. The SMILES string of the molecule is COC1CNC(C(=O)NCc2cnc[nH]2)C1. The molecule has 1 aliphatic heterocycles. The van der Waals surface area contributed by atoms with Gasteiger partial charge in [0.2, 0.25) is 5.91 Å². The Balaban J connectivity index is 1.76. The molecule has 2 heterocycles. The highest BCUT2D eigenvalue weighted by atomic mass is 16.5. The Bertz CT molecular complexity index is 339. The maximum absolute atomic E-state index is 11.7. The number of hydrogen-bond donors (Lipinski definition) is 3. The van der Waals surface area contributed by atoms with Crippen molar-refractivity contribution in [1.82, 2.24) is 20.6 Å². The molecule has 0 bridgehead atoms. The highest BCUT2D eigenvalue weighted by Crippen LogP contribution is 2.09. The summed E-state index contributed by atoms with van der Waals surface area (Å²) in [5.74, 6) is 0.00847. The lowest BCUT2D eigenvalue weighted by atomic mass is 10.2. The Labute approximate surface area is 93.8 Å². The Morgan fingerprint density at radius 3 is 3.25 bits per heavy atom. The molecule has 3 N–H and O–H groups in total. The van der Waals surface area contributed by atoms with Crippen LogP contribution in [0.15, 0.2) is 12.5 Å². The summed E-state index contributed by atoms with van der Waals surface area (Å²) in [6.45, 7) is 1.22. The number of methoxy groups -OCH3 is 1. The van der Waals surface area contributed by atoms with E-state index in [0.29, 0.717) is 6.54 Å². The van der Waals surface area contributed by atoms with E-state index in [1.807, 2.05) is 0 Å². The maximum atomic E-state index is 11.7. The second-order valence-electron chi connectivity index (χ2n) is 3.85. The number of hydrogen-bond acceptors (Lipinski definition) is 4. The van der Waals surface area contributed by atoms with Crippen molar-refractivity contribution in [3.8, 4) is 0 Å². The lowest BCUT2D eigenvalue weighted by molar-refractivity contribution is -0.123. The van der Waals surface area contributed by atoms with E-state index in [-0.39, 0.29) is 18.1 Å². The van der Waals surface area contributed by atoms with E-state index in [1.165, 1.54) is 0 Å². The normalized spacial score (nSPS) is 24.6. The summed E-state index contributed by atoms with van der Waals surface area (Å²) in [6.07, 6.45) is 4.16. The van der Waals surface area contributed by atoms with Crippen molar-refractivity contribution in [3.63, 3.8) is 0 Å².